The van der Waals surface area contributed by atoms with Crippen molar-refractivity contribution >= 4 is 12.3 Å². The molecule has 1 unspecified atom stereocenters. The Hall–Kier alpha value is -1.26. The molecule has 0 aromatic carbocycles. The highest BCUT2D eigenvalue weighted by Gasteiger charge is 2.29. The number of oxime groups is 1. The monoisotopic (exact) mass is 242 g/mol. The molecule has 1 fully saturated rings. The van der Waals surface area contributed by atoms with E-state index >= 15 is 0 Å². The van der Waals surface area contributed by atoms with Crippen LogP contribution in [0.1, 0.15) is 46.5 Å². The van der Waals surface area contributed by atoms with Crippen molar-refractivity contribution in [3.05, 3.63) is 0 Å². The second-order valence-electron chi connectivity index (χ2n) is 5.36. The molecule has 1 aliphatic rings. The van der Waals surface area contributed by atoms with E-state index in [0.717, 1.165) is 25.8 Å². The summed E-state index contributed by atoms with van der Waals surface area (Å²) in [5.74, 6) is 0. The summed E-state index contributed by atoms with van der Waals surface area (Å²) >= 11 is 0. The number of hydrogen-bond acceptors (Lipinski definition) is 4. The molecule has 98 valence electrons. The molecule has 1 rings (SSSR count). The van der Waals surface area contributed by atoms with Gasteiger partial charge < -0.3 is 14.8 Å². The third kappa shape index (κ3) is 4.63. The van der Waals surface area contributed by atoms with Crippen LogP contribution in [0, 0.1) is 0 Å². The zero-order valence-electron chi connectivity index (χ0n) is 10.8. The van der Waals surface area contributed by atoms with Crippen LogP contribution in [0.5, 0.6) is 0 Å². The summed E-state index contributed by atoms with van der Waals surface area (Å²) < 4.78 is 5.37. The average Bonchev–Trinajstić information content (AvgIpc) is 2.24. The zero-order valence-corrected chi connectivity index (χ0v) is 10.8. The summed E-state index contributed by atoms with van der Waals surface area (Å²) in [6.45, 7) is 6.30. The summed E-state index contributed by atoms with van der Waals surface area (Å²) in [5.41, 5.74) is -0.468. The van der Waals surface area contributed by atoms with E-state index in [4.69, 9.17) is 9.94 Å². The Labute approximate surface area is 102 Å². The number of ether oxygens (including phenoxy) is 1. The highest BCUT2D eigenvalue weighted by atomic mass is 16.6. The van der Waals surface area contributed by atoms with Crippen LogP contribution in [-0.2, 0) is 4.74 Å². The molecule has 1 heterocycles. The van der Waals surface area contributed by atoms with Gasteiger partial charge in [-0.25, -0.2) is 4.79 Å². The first-order chi connectivity index (χ1) is 7.94. The van der Waals surface area contributed by atoms with Crippen molar-refractivity contribution < 1.29 is 14.7 Å². The molecule has 17 heavy (non-hydrogen) atoms. The molecule has 0 aromatic heterocycles. The fourth-order valence-electron chi connectivity index (χ4n) is 1.98. The smallest absolute Gasteiger partial charge is 0.410 e. The van der Waals surface area contributed by atoms with Gasteiger partial charge in [0.25, 0.3) is 0 Å². The van der Waals surface area contributed by atoms with Crippen molar-refractivity contribution in [2.24, 2.45) is 5.16 Å². The molecule has 5 nitrogen and oxygen atoms in total. The third-order valence-electron chi connectivity index (χ3n) is 2.71. The van der Waals surface area contributed by atoms with E-state index in [1.807, 2.05) is 20.8 Å². The van der Waals surface area contributed by atoms with Crippen LogP contribution in [0.2, 0.25) is 0 Å². The molecule has 1 saturated heterocycles. The lowest BCUT2D eigenvalue weighted by Gasteiger charge is -2.36. The van der Waals surface area contributed by atoms with Crippen LogP contribution in [0.15, 0.2) is 5.16 Å². The molecule has 1 aliphatic heterocycles. The number of nitrogens with zero attached hydrogens (tertiary/aromatic N) is 2. The van der Waals surface area contributed by atoms with E-state index in [1.165, 1.54) is 6.21 Å². The number of carbonyl (C=O) groups excluding carboxylic acids is 1. The van der Waals surface area contributed by atoms with Gasteiger partial charge in [0.2, 0.25) is 0 Å². The molecule has 1 amide bonds. The maximum atomic E-state index is 12.0. The first kappa shape index (κ1) is 13.8. The summed E-state index contributed by atoms with van der Waals surface area (Å²) in [5, 5.41) is 11.4. The van der Waals surface area contributed by atoms with E-state index in [2.05, 4.69) is 5.16 Å². The number of rotatable bonds is 2. The Morgan fingerprint density at radius 1 is 1.53 bits per heavy atom. The van der Waals surface area contributed by atoms with Crippen LogP contribution in [0.25, 0.3) is 0 Å². The van der Waals surface area contributed by atoms with Gasteiger partial charge in [0.1, 0.15) is 5.60 Å². The Kier molecular flexibility index (Phi) is 4.78. The highest BCUT2D eigenvalue weighted by molar-refractivity contribution is 5.69. The van der Waals surface area contributed by atoms with E-state index in [9.17, 15) is 4.79 Å². The quantitative estimate of drug-likeness (QED) is 0.460. The lowest BCUT2D eigenvalue weighted by Crippen LogP contribution is -2.46. The van der Waals surface area contributed by atoms with Crippen LogP contribution < -0.4 is 0 Å². The Balaban J connectivity index is 2.60. The van der Waals surface area contributed by atoms with Gasteiger partial charge in [-0.15, -0.1) is 5.16 Å². The fourth-order valence-corrected chi connectivity index (χ4v) is 1.98. The van der Waals surface area contributed by atoms with Gasteiger partial charge in [0, 0.05) is 25.2 Å². The molecule has 0 radical (unpaired) electrons. The van der Waals surface area contributed by atoms with Gasteiger partial charge in [0.15, 0.2) is 0 Å². The summed E-state index contributed by atoms with van der Waals surface area (Å²) in [6.07, 6.45) is 4.79. The Morgan fingerprint density at radius 3 is 2.82 bits per heavy atom. The minimum absolute atomic E-state index is 0.0921. The Bertz CT molecular complexity index is 284. The number of likely N-dealkylation sites (tertiary alicyclic amines) is 1. The molecular weight excluding hydrogens is 220 g/mol. The summed E-state index contributed by atoms with van der Waals surface area (Å²) in [7, 11) is 0. The first-order valence-electron chi connectivity index (χ1n) is 6.09. The summed E-state index contributed by atoms with van der Waals surface area (Å²) in [6, 6.07) is 0.0921. The van der Waals surface area contributed by atoms with E-state index in [1.54, 1.807) is 4.90 Å². The lowest BCUT2D eigenvalue weighted by molar-refractivity contribution is 0.0108. The second kappa shape index (κ2) is 5.89. The van der Waals surface area contributed by atoms with Crippen molar-refractivity contribution in [1.29, 1.82) is 0 Å². The largest absolute Gasteiger partial charge is 0.444 e. The van der Waals surface area contributed by atoms with Crippen molar-refractivity contribution in [1.82, 2.24) is 4.90 Å². The summed E-state index contributed by atoms with van der Waals surface area (Å²) in [4.78, 5) is 13.7. The SMILES string of the molecule is CC(C)(C)OC(=O)N1CCCCC1CC=NO. The maximum Gasteiger partial charge on any atom is 0.410 e. The van der Waals surface area contributed by atoms with Crippen molar-refractivity contribution in [2.45, 2.75) is 58.1 Å². The van der Waals surface area contributed by atoms with Crippen LogP contribution >= 0.6 is 0 Å². The predicted molar refractivity (Wildman–Crippen MR) is 65.5 cm³/mol. The minimum atomic E-state index is -0.468. The van der Waals surface area contributed by atoms with E-state index in [0.29, 0.717) is 6.42 Å². The highest BCUT2D eigenvalue weighted by Crippen LogP contribution is 2.21. The molecule has 0 aliphatic carbocycles. The maximum absolute atomic E-state index is 12.0. The number of carbonyl (C=O) groups is 1. The topological polar surface area (TPSA) is 62.1 Å². The molecule has 0 bridgehead atoms. The number of piperidine rings is 1. The van der Waals surface area contributed by atoms with Crippen LogP contribution in [-0.4, -0.2) is 40.6 Å². The molecule has 0 saturated carbocycles. The average molecular weight is 242 g/mol. The number of hydrogen-bond donors (Lipinski definition) is 1. The predicted octanol–water partition coefficient (Wildman–Crippen LogP) is 2.63. The van der Waals surface area contributed by atoms with Gasteiger partial charge in [-0.05, 0) is 40.0 Å². The molecular formula is C12H22N2O3. The van der Waals surface area contributed by atoms with Gasteiger partial charge in [0.05, 0.1) is 0 Å². The molecule has 0 spiro atoms. The van der Waals surface area contributed by atoms with E-state index < -0.39 is 5.60 Å². The second-order valence-corrected chi connectivity index (χ2v) is 5.36. The van der Waals surface area contributed by atoms with Crippen molar-refractivity contribution in [2.75, 3.05) is 6.54 Å². The standard InChI is InChI=1S/C12H22N2O3/c1-12(2,3)17-11(15)14-9-5-4-6-10(14)7-8-13-16/h8,10,16H,4-7,9H2,1-3H3. The van der Waals surface area contributed by atoms with E-state index in [-0.39, 0.29) is 12.1 Å². The van der Waals surface area contributed by atoms with Crippen LogP contribution in [0.4, 0.5) is 4.79 Å². The minimum Gasteiger partial charge on any atom is -0.444 e. The first-order valence-corrected chi connectivity index (χ1v) is 6.09. The molecule has 1 N–H and O–H groups in total. The van der Waals surface area contributed by atoms with Gasteiger partial charge in [-0.3, -0.25) is 0 Å². The normalized spacial score (nSPS) is 21.8. The molecule has 0 aromatic rings. The van der Waals surface area contributed by atoms with Crippen molar-refractivity contribution in [3.8, 4) is 0 Å². The van der Waals surface area contributed by atoms with Crippen molar-refractivity contribution in [3.63, 3.8) is 0 Å². The third-order valence-corrected chi connectivity index (χ3v) is 2.71. The fraction of sp³-hybridized carbons (Fsp3) is 0.833. The Morgan fingerprint density at radius 2 is 2.24 bits per heavy atom. The lowest BCUT2D eigenvalue weighted by atomic mass is 10.0. The van der Waals surface area contributed by atoms with Crippen LogP contribution in [0.3, 0.4) is 0 Å². The molecule has 5 heteroatoms. The van der Waals surface area contributed by atoms with Gasteiger partial charge >= 0.3 is 6.09 Å². The van der Waals surface area contributed by atoms with Gasteiger partial charge in [-0.1, -0.05) is 0 Å². The zero-order chi connectivity index (χ0) is 12.9. The van der Waals surface area contributed by atoms with Gasteiger partial charge in [-0.2, -0.15) is 0 Å². The number of amides is 1. The molecule has 1 atom stereocenters.